The first kappa shape index (κ1) is 34.4. The molecule has 0 fully saturated rings. The minimum absolute atomic E-state index is 0.0861. The summed E-state index contributed by atoms with van der Waals surface area (Å²) in [4.78, 5) is 43.5. The lowest BCUT2D eigenvalue weighted by atomic mass is 9.83. The number of nitrogens with one attached hydrogen (secondary N) is 3. The van der Waals surface area contributed by atoms with Crippen molar-refractivity contribution in [2.45, 2.75) is 57.0 Å². The number of hydrogen-bond acceptors (Lipinski definition) is 6. The summed E-state index contributed by atoms with van der Waals surface area (Å²) < 4.78 is 77.7. The molecule has 0 aliphatic carbocycles. The van der Waals surface area contributed by atoms with Crippen molar-refractivity contribution in [1.82, 2.24) is 5.32 Å². The normalized spacial score (nSPS) is 16.6. The van der Waals surface area contributed by atoms with Crippen molar-refractivity contribution in [3.05, 3.63) is 59.7 Å². The lowest BCUT2D eigenvalue weighted by Gasteiger charge is -2.26. The molecule has 0 saturated heterocycles. The summed E-state index contributed by atoms with van der Waals surface area (Å²) in [6.07, 6.45) is -15.6. The Bertz CT molecular complexity index is 1330. The molecule has 0 aromatic heterocycles. The number of aliphatic hydroxyl groups is 1. The molecule has 0 spiro atoms. The number of para-hydroxylation sites is 1. The van der Waals surface area contributed by atoms with Gasteiger partial charge in [-0.15, -0.1) is 0 Å². The van der Waals surface area contributed by atoms with Crippen LogP contribution in [0.5, 0.6) is 0 Å². The van der Waals surface area contributed by atoms with E-state index in [1.54, 1.807) is 48.5 Å². The number of aliphatic hydroxyl groups excluding tert-OH is 1. The van der Waals surface area contributed by atoms with E-state index < -0.39 is 80.2 Å². The summed E-state index contributed by atoms with van der Waals surface area (Å²) in [6, 6.07) is 13.6. The number of rotatable bonds is 14. The Labute approximate surface area is 249 Å². The molecule has 3 amide bonds. The van der Waals surface area contributed by atoms with Crippen LogP contribution in [0.4, 0.5) is 37.7 Å². The highest BCUT2D eigenvalue weighted by Crippen LogP contribution is 2.33. The Morgan fingerprint density at radius 1 is 0.932 bits per heavy atom. The van der Waals surface area contributed by atoms with Crippen molar-refractivity contribution in [2.75, 3.05) is 23.8 Å². The topological polar surface area (TPSA) is 146 Å². The zero-order valence-electron chi connectivity index (χ0n) is 23.5. The van der Waals surface area contributed by atoms with E-state index in [-0.39, 0.29) is 12.3 Å². The van der Waals surface area contributed by atoms with Crippen LogP contribution in [0, 0.1) is 11.8 Å². The largest absolute Gasteiger partial charge is 0.396 e. The van der Waals surface area contributed by atoms with Crippen LogP contribution < -0.4 is 21.7 Å². The molecule has 44 heavy (non-hydrogen) atoms. The van der Waals surface area contributed by atoms with Crippen LogP contribution in [0.2, 0.25) is 0 Å². The number of halogens is 6. The number of benzodiazepines with no additional fused rings is 1. The Balaban J connectivity index is 1.98. The molecule has 2 aromatic carbocycles. The minimum atomic E-state index is -4.74. The summed E-state index contributed by atoms with van der Waals surface area (Å²) in [5, 5.41) is 17.2. The fourth-order valence-electron chi connectivity index (χ4n) is 4.85. The predicted octanol–water partition coefficient (Wildman–Crippen LogP) is 4.51. The van der Waals surface area contributed by atoms with Gasteiger partial charge < -0.3 is 26.8 Å². The first-order chi connectivity index (χ1) is 20.7. The van der Waals surface area contributed by atoms with Gasteiger partial charge in [-0.05, 0) is 31.7 Å². The van der Waals surface area contributed by atoms with Gasteiger partial charge in [-0.1, -0.05) is 42.5 Å². The van der Waals surface area contributed by atoms with Crippen LogP contribution in [0.1, 0.15) is 49.7 Å². The monoisotopic (exact) mass is 629 g/mol. The van der Waals surface area contributed by atoms with E-state index in [0.717, 1.165) is 0 Å². The molecule has 0 saturated carbocycles. The van der Waals surface area contributed by atoms with Gasteiger partial charge in [-0.3, -0.25) is 14.4 Å². The number of nitrogens with zero attached hydrogens (tertiary/aromatic N) is 1. The van der Waals surface area contributed by atoms with Crippen LogP contribution in [-0.4, -0.2) is 60.2 Å². The summed E-state index contributed by atoms with van der Waals surface area (Å²) in [7, 11) is 0. The summed E-state index contributed by atoms with van der Waals surface area (Å²) in [6.45, 7) is 0.266. The van der Waals surface area contributed by atoms with Gasteiger partial charge in [0.2, 0.25) is 18.0 Å². The van der Waals surface area contributed by atoms with Gasteiger partial charge in [0.15, 0.2) is 0 Å². The Kier molecular flexibility index (Phi) is 11.7. The number of benzene rings is 2. The van der Waals surface area contributed by atoms with Crippen LogP contribution in [0.15, 0.2) is 53.5 Å². The number of amides is 3. The van der Waals surface area contributed by atoms with E-state index in [0.29, 0.717) is 35.5 Å². The third-order valence-corrected chi connectivity index (χ3v) is 6.95. The highest BCUT2D eigenvalue weighted by molar-refractivity contribution is 6.21. The molecule has 1 heterocycles. The molecule has 1 aliphatic heterocycles. The molecular weight excluding hydrogens is 596 g/mol. The van der Waals surface area contributed by atoms with Crippen LogP contribution in [0.25, 0.3) is 0 Å². The number of hydrogen-bond donors (Lipinski definition) is 5. The molecule has 0 radical (unpaired) electrons. The van der Waals surface area contributed by atoms with Crippen molar-refractivity contribution in [2.24, 2.45) is 22.6 Å². The molecule has 2 aromatic rings. The standard InChI is InChI=1S/C29H33F6N5O4/c30-28(31,32)13-5-10-18(24(36)42)19(12-14-29(33,34)35)26(43)40-25-27(44)39-23-20(9-4-11-21(23)37-15-6-16-41)22(38-25)17-7-2-1-3-8-17/h1-4,7-9,11,18-19,25,37,41H,5-6,10,12-16H2,(H2,36,42)(H,39,44)(H,40,43)/t18-,19+,25+/m0/s1. The van der Waals surface area contributed by atoms with Crippen molar-refractivity contribution in [1.29, 1.82) is 0 Å². The summed E-state index contributed by atoms with van der Waals surface area (Å²) in [5.41, 5.74) is 7.37. The second-order valence-electron chi connectivity index (χ2n) is 10.3. The maximum Gasteiger partial charge on any atom is 0.389 e. The van der Waals surface area contributed by atoms with E-state index in [9.17, 15) is 40.7 Å². The molecule has 15 heteroatoms. The third kappa shape index (κ3) is 9.96. The van der Waals surface area contributed by atoms with Crippen molar-refractivity contribution in [3.63, 3.8) is 0 Å². The summed E-state index contributed by atoms with van der Waals surface area (Å²) in [5.74, 6) is -6.73. The van der Waals surface area contributed by atoms with Crippen LogP contribution in [-0.2, 0) is 14.4 Å². The van der Waals surface area contributed by atoms with Gasteiger partial charge in [0, 0.05) is 49.0 Å². The van der Waals surface area contributed by atoms with E-state index in [1.165, 1.54) is 0 Å². The molecule has 240 valence electrons. The van der Waals surface area contributed by atoms with E-state index in [1.807, 2.05) is 0 Å². The fraction of sp³-hybridized carbons (Fsp3) is 0.448. The second kappa shape index (κ2) is 15.0. The number of nitrogens with two attached hydrogens (primary N) is 1. The van der Waals surface area contributed by atoms with Crippen LogP contribution in [0.3, 0.4) is 0 Å². The zero-order valence-corrected chi connectivity index (χ0v) is 23.5. The first-order valence-electron chi connectivity index (χ1n) is 13.9. The lowest BCUT2D eigenvalue weighted by molar-refractivity contribution is -0.147. The first-order valence-corrected chi connectivity index (χ1v) is 13.9. The Morgan fingerprint density at radius 3 is 2.23 bits per heavy atom. The number of primary amides is 1. The van der Waals surface area contributed by atoms with E-state index in [4.69, 9.17) is 10.8 Å². The van der Waals surface area contributed by atoms with Crippen molar-refractivity contribution in [3.8, 4) is 0 Å². The Morgan fingerprint density at radius 2 is 1.61 bits per heavy atom. The maximum absolute atomic E-state index is 13.5. The molecule has 0 unspecified atom stereocenters. The number of fused-ring (bicyclic) bond motifs is 1. The van der Waals surface area contributed by atoms with Crippen LogP contribution >= 0.6 is 0 Å². The van der Waals surface area contributed by atoms with Crippen molar-refractivity contribution < 1.29 is 45.8 Å². The summed E-state index contributed by atoms with van der Waals surface area (Å²) >= 11 is 0. The lowest BCUT2D eigenvalue weighted by Crippen LogP contribution is -2.48. The number of carbonyl (C=O) groups is 3. The number of carbonyl (C=O) groups excluding carboxylic acids is 3. The molecule has 6 N–H and O–H groups in total. The molecule has 1 aliphatic rings. The van der Waals surface area contributed by atoms with Gasteiger partial charge in [-0.25, -0.2) is 4.99 Å². The molecule has 3 rings (SSSR count). The molecule has 0 bridgehead atoms. The molecule has 3 atom stereocenters. The smallest absolute Gasteiger partial charge is 0.389 e. The average Bonchev–Trinajstić information content (AvgIpc) is 3.08. The van der Waals surface area contributed by atoms with Crippen molar-refractivity contribution >= 4 is 34.8 Å². The van der Waals surface area contributed by atoms with Gasteiger partial charge in [0.1, 0.15) is 0 Å². The Hall–Kier alpha value is -4.14. The SMILES string of the molecule is NC(=O)[C@@H](CCCC(F)(F)F)[C@@H](CCC(F)(F)F)C(=O)N[C@H]1N=C(c2ccccc2)c2cccc(NCCCO)c2NC1=O. The molecule has 9 nitrogen and oxygen atoms in total. The minimum Gasteiger partial charge on any atom is -0.396 e. The quantitative estimate of drug-likeness (QED) is 0.154. The fourth-order valence-corrected chi connectivity index (χ4v) is 4.85. The zero-order chi connectivity index (χ0) is 32.5. The van der Waals surface area contributed by atoms with Gasteiger partial charge in [0.05, 0.1) is 17.1 Å². The van der Waals surface area contributed by atoms with Gasteiger partial charge in [0.25, 0.3) is 5.91 Å². The van der Waals surface area contributed by atoms with Gasteiger partial charge >= 0.3 is 12.4 Å². The average molecular weight is 630 g/mol. The number of anilines is 2. The second-order valence-corrected chi connectivity index (χ2v) is 10.3. The third-order valence-electron chi connectivity index (χ3n) is 6.95. The number of aliphatic imine (C=N–C) groups is 1. The maximum atomic E-state index is 13.5. The highest BCUT2D eigenvalue weighted by atomic mass is 19.4. The highest BCUT2D eigenvalue weighted by Gasteiger charge is 2.39. The molecular formula is C29H33F6N5O4. The van der Waals surface area contributed by atoms with E-state index in [2.05, 4.69) is 20.9 Å². The predicted molar refractivity (Wildman–Crippen MR) is 151 cm³/mol. The number of alkyl halides is 6. The van der Waals surface area contributed by atoms with E-state index >= 15 is 0 Å². The van der Waals surface area contributed by atoms with Gasteiger partial charge in [-0.2, -0.15) is 26.3 Å².